The van der Waals surface area contributed by atoms with Gasteiger partial charge in [-0.15, -0.1) is 0 Å². The van der Waals surface area contributed by atoms with Crippen LogP contribution in [0.2, 0.25) is 0 Å². The van der Waals surface area contributed by atoms with Crippen molar-refractivity contribution in [3.63, 3.8) is 0 Å². The van der Waals surface area contributed by atoms with Gasteiger partial charge in [-0.25, -0.2) is 8.78 Å². The minimum Gasteiger partial charge on any atom is -0.497 e. The van der Waals surface area contributed by atoms with Gasteiger partial charge < -0.3 is 10.1 Å². The number of methoxy groups -OCH3 is 1. The van der Waals surface area contributed by atoms with Crippen LogP contribution in [0.15, 0.2) is 36.4 Å². The highest BCUT2D eigenvalue weighted by atomic mass is 19.1. The molecule has 0 aliphatic rings. The maximum absolute atomic E-state index is 13.5. The Morgan fingerprint density at radius 1 is 1.11 bits per heavy atom. The summed E-state index contributed by atoms with van der Waals surface area (Å²) in [6.07, 6.45) is 0. The number of ether oxygens (including phenoxy) is 1. The molecule has 0 amide bonds. The molecule has 1 N–H and O–H groups in total. The standard InChI is InChI=1S/C15H15F2NO/c1-10-7-13(19-2)5-6-15(10)18-9-11-3-4-12(16)8-14(11)17/h3-8,18H,9H2,1-2H3. The molecule has 0 aromatic heterocycles. The molecule has 2 aromatic carbocycles. The average Bonchev–Trinajstić information content (AvgIpc) is 2.39. The maximum atomic E-state index is 13.5. The van der Waals surface area contributed by atoms with Gasteiger partial charge in [0, 0.05) is 23.9 Å². The number of nitrogens with one attached hydrogen (secondary N) is 1. The Balaban J connectivity index is 2.10. The molecule has 0 spiro atoms. The smallest absolute Gasteiger partial charge is 0.131 e. The molecule has 0 unspecified atom stereocenters. The summed E-state index contributed by atoms with van der Waals surface area (Å²) in [4.78, 5) is 0. The van der Waals surface area contributed by atoms with Crippen LogP contribution < -0.4 is 10.1 Å². The SMILES string of the molecule is COc1ccc(NCc2ccc(F)cc2F)c(C)c1. The zero-order chi connectivity index (χ0) is 13.8. The molecule has 2 aromatic rings. The highest BCUT2D eigenvalue weighted by Crippen LogP contribution is 2.22. The molecular formula is C15H15F2NO. The number of anilines is 1. The van der Waals surface area contributed by atoms with E-state index in [1.54, 1.807) is 7.11 Å². The van der Waals surface area contributed by atoms with Crippen molar-refractivity contribution in [1.29, 1.82) is 0 Å². The van der Waals surface area contributed by atoms with E-state index in [0.29, 0.717) is 12.1 Å². The molecular weight excluding hydrogens is 248 g/mol. The molecule has 2 nitrogen and oxygen atoms in total. The molecule has 0 fully saturated rings. The van der Waals surface area contributed by atoms with Gasteiger partial charge in [0.25, 0.3) is 0 Å². The minimum absolute atomic E-state index is 0.305. The van der Waals surface area contributed by atoms with Gasteiger partial charge in [-0.05, 0) is 36.8 Å². The van der Waals surface area contributed by atoms with E-state index in [0.717, 1.165) is 23.1 Å². The third kappa shape index (κ3) is 3.22. The number of hydrogen-bond acceptors (Lipinski definition) is 2. The van der Waals surface area contributed by atoms with Crippen LogP contribution in [-0.4, -0.2) is 7.11 Å². The first-order chi connectivity index (χ1) is 9.10. The van der Waals surface area contributed by atoms with Crippen molar-refractivity contribution in [3.05, 3.63) is 59.2 Å². The monoisotopic (exact) mass is 263 g/mol. The molecule has 0 aliphatic carbocycles. The van der Waals surface area contributed by atoms with Crippen LogP contribution in [0.5, 0.6) is 5.75 Å². The van der Waals surface area contributed by atoms with E-state index in [1.165, 1.54) is 12.1 Å². The molecule has 0 atom stereocenters. The second kappa shape index (κ2) is 5.69. The Hall–Kier alpha value is -2.10. The first-order valence-corrected chi connectivity index (χ1v) is 5.92. The summed E-state index contributed by atoms with van der Waals surface area (Å²) >= 11 is 0. The molecule has 4 heteroatoms. The molecule has 0 heterocycles. The molecule has 0 radical (unpaired) electrons. The topological polar surface area (TPSA) is 21.3 Å². The van der Waals surface area contributed by atoms with Crippen LogP contribution in [-0.2, 0) is 6.54 Å². The Labute approximate surface area is 111 Å². The number of hydrogen-bond donors (Lipinski definition) is 1. The Morgan fingerprint density at radius 2 is 1.89 bits per heavy atom. The fourth-order valence-electron chi connectivity index (χ4n) is 1.82. The number of rotatable bonds is 4. The molecule has 2 rings (SSSR count). The summed E-state index contributed by atoms with van der Waals surface area (Å²) in [5.74, 6) is -0.337. The lowest BCUT2D eigenvalue weighted by Crippen LogP contribution is -2.03. The summed E-state index contributed by atoms with van der Waals surface area (Å²) in [6, 6.07) is 9.17. The highest BCUT2D eigenvalue weighted by molar-refractivity contribution is 5.53. The Kier molecular flexibility index (Phi) is 4.00. The van der Waals surface area contributed by atoms with Gasteiger partial charge in [0.2, 0.25) is 0 Å². The van der Waals surface area contributed by atoms with Gasteiger partial charge in [-0.2, -0.15) is 0 Å². The predicted octanol–water partition coefficient (Wildman–Crippen LogP) is 3.89. The van der Waals surface area contributed by atoms with E-state index < -0.39 is 11.6 Å². The van der Waals surface area contributed by atoms with Crippen LogP contribution in [0.25, 0.3) is 0 Å². The van der Waals surface area contributed by atoms with Crippen molar-refractivity contribution in [1.82, 2.24) is 0 Å². The van der Waals surface area contributed by atoms with E-state index in [2.05, 4.69) is 5.32 Å². The summed E-state index contributed by atoms with van der Waals surface area (Å²) in [6.45, 7) is 2.24. The van der Waals surface area contributed by atoms with E-state index in [1.807, 2.05) is 25.1 Å². The van der Waals surface area contributed by atoms with Crippen LogP contribution in [0.3, 0.4) is 0 Å². The van der Waals surface area contributed by atoms with Gasteiger partial charge >= 0.3 is 0 Å². The largest absolute Gasteiger partial charge is 0.497 e. The van der Waals surface area contributed by atoms with Crippen LogP contribution >= 0.6 is 0 Å². The number of halogens is 2. The minimum atomic E-state index is -0.568. The second-order valence-electron chi connectivity index (χ2n) is 4.27. The predicted molar refractivity (Wildman–Crippen MR) is 71.4 cm³/mol. The number of benzene rings is 2. The Morgan fingerprint density at radius 3 is 2.53 bits per heavy atom. The van der Waals surface area contributed by atoms with Gasteiger partial charge in [0.05, 0.1) is 7.11 Å². The zero-order valence-electron chi connectivity index (χ0n) is 10.8. The molecule has 0 saturated carbocycles. The summed E-state index contributed by atoms with van der Waals surface area (Å²) < 4.78 is 31.4. The fraction of sp³-hybridized carbons (Fsp3) is 0.200. The fourth-order valence-corrected chi connectivity index (χ4v) is 1.82. The van der Waals surface area contributed by atoms with E-state index in [9.17, 15) is 8.78 Å². The van der Waals surface area contributed by atoms with E-state index in [-0.39, 0.29) is 0 Å². The van der Waals surface area contributed by atoms with Crippen LogP contribution in [0, 0.1) is 18.6 Å². The van der Waals surface area contributed by atoms with Crippen molar-refractivity contribution >= 4 is 5.69 Å². The van der Waals surface area contributed by atoms with Gasteiger partial charge in [-0.1, -0.05) is 6.07 Å². The van der Waals surface area contributed by atoms with E-state index >= 15 is 0 Å². The lowest BCUT2D eigenvalue weighted by atomic mass is 10.1. The average molecular weight is 263 g/mol. The van der Waals surface area contributed by atoms with Crippen molar-refractivity contribution < 1.29 is 13.5 Å². The third-order valence-electron chi connectivity index (χ3n) is 2.92. The van der Waals surface area contributed by atoms with Crippen molar-refractivity contribution in [2.24, 2.45) is 0 Å². The summed E-state index contributed by atoms with van der Waals surface area (Å²) in [5, 5.41) is 3.12. The lowest BCUT2D eigenvalue weighted by molar-refractivity contribution is 0.414. The highest BCUT2D eigenvalue weighted by Gasteiger charge is 2.05. The first kappa shape index (κ1) is 13.3. The van der Waals surface area contributed by atoms with Gasteiger partial charge in [-0.3, -0.25) is 0 Å². The normalized spacial score (nSPS) is 10.3. The summed E-state index contributed by atoms with van der Waals surface area (Å²) in [7, 11) is 1.61. The molecule has 0 saturated heterocycles. The van der Waals surface area contributed by atoms with E-state index in [4.69, 9.17) is 4.74 Å². The first-order valence-electron chi connectivity index (χ1n) is 5.92. The molecule has 0 bridgehead atoms. The molecule has 100 valence electrons. The second-order valence-corrected chi connectivity index (χ2v) is 4.27. The zero-order valence-corrected chi connectivity index (χ0v) is 10.8. The van der Waals surface area contributed by atoms with Gasteiger partial charge in [0.1, 0.15) is 17.4 Å². The third-order valence-corrected chi connectivity index (χ3v) is 2.92. The van der Waals surface area contributed by atoms with Crippen LogP contribution in [0.1, 0.15) is 11.1 Å². The van der Waals surface area contributed by atoms with Crippen molar-refractivity contribution in [2.75, 3.05) is 12.4 Å². The van der Waals surface area contributed by atoms with Gasteiger partial charge in [0.15, 0.2) is 0 Å². The van der Waals surface area contributed by atoms with Crippen LogP contribution in [0.4, 0.5) is 14.5 Å². The van der Waals surface area contributed by atoms with Crippen molar-refractivity contribution in [3.8, 4) is 5.75 Å². The molecule has 19 heavy (non-hydrogen) atoms. The molecule has 0 aliphatic heterocycles. The maximum Gasteiger partial charge on any atom is 0.131 e. The number of aryl methyl sites for hydroxylation is 1. The summed E-state index contributed by atoms with van der Waals surface area (Å²) in [5.41, 5.74) is 2.32. The lowest BCUT2D eigenvalue weighted by Gasteiger charge is -2.11. The Bertz CT molecular complexity index is 584. The van der Waals surface area contributed by atoms with Crippen molar-refractivity contribution in [2.45, 2.75) is 13.5 Å². The quantitative estimate of drug-likeness (QED) is 0.903.